The van der Waals surface area contributed by atoms with Crippen LogP contribution in [0.4, 0.5) is 5.69 Å². The molecule has 11 heteroatoms. The zero-order valence-electron chi connectivity index (χ0n) is 22.9. The van der Waals surface area contributed by atoms with Crippen molar-refractivity contribution in [2.75, 3.05) is 40.9 Å². The van der Waals surface area contributed by atoms with Gasteiger partial charge < -0.3 is 29.0 Å². The molecule has 210 valence electrons. The molecule has 0 saturated carbocycles. The van der Waals surface area contributed by atoms with Gasteiger partial charge in [-0.25, -0.2) is 4.98 Å². The number of aromatic nitrogens is 1. The Kier molecular flexibility index (Phi) is 9.34. The second-order valence-corrected chi connectivity index (χ2v) is 9.65. The summed E-state index contributed by atoms with van der Waals surface area (Å²) in [6.07, 6.45) is 1.51. The monoisotopic (exact) mass is 591 g/mol. The molecule has 0 aliphatic carbocycles. The second-order valence-electron chi connectivity index (χ2n) is 8.35. The van der Waals surface area contributed by atoms with E-state index in [0.717, 1.165) is 5.56 Å². The number of thiazole rings is 1. The lowest BCUT2D eigenvalue weighted by atomic mass is 10.0. The molecule has 41 heavy (non-hydrogen) atoms. The van der Waals surface area contributed by atoms with Gasteiger partial charge in [0.15, 0.2) is 28.8 Å². The van der Waals surface area contributed by atoms with E-state index in [1.807, 2.05) is 17.5 Å². The highest BCUT2D eigenvalue weighted by atomic mass is 35.5. The Labute approximate surface area is 246 Å². The highest BCUT2D eigenvalue weighted by Gasteiger charge is 2.21. The third-order valence-corrected chi connectivity index (χ3v) is 7.17. The molecule has 0 aliphatic heterocycles. The number of nitrogens with one attached hydrogen (secondary N) is 1. The molecule has 0 radical (unpaired) electrons. The average Bonchev–Trinajstić information content (AvgIpc) is 3.50. The zero-order valence-corrected chi connectivity index (χ0v) is 24.5. The van der Waals surface area contributed by atoms with Crippen LogP contribution < -0.4 is 29.0 Å². The molecule has 0 fully saturated rings. The number of nitriles is 1. The molecule has 4 rings (SSSR count). The Balaban J connectivity index is 1.65. The number of allylic oxidation sites excluding steroid dienone is 1. The zero-order chi connectivity index (χ0) is 29.5. The van der Waals surface area contributed by atoms with Crippen molar-refractivity contribution in [2.45, 2.75) is 0 Å². The van der Waals surface area contributed by atoms with Gasteiger partial charge in [0.2, 0.25) is 5.75 Å². The first kappa shape index (κ1) is 29.3. The Morgan fingerprint density at radius 2 is 1.59 bits per heavy atom. The number of methoxy groups -OCH3 is 5. The molecule has 3 aromatic carbocycles. The topological polar surface area (TPSA) is 112 Å². The van der Waals surface area contributed by atoms with Crippen molar-refractivity contribution >= 4 is 40.0 Å². The molecule has 0 unspecified atom stereocenters. The lowest BCUT2D eigenvalue weighted by Crippen LogP contribution is -2.07. The standard InChI is InChI=1S/C30H26ClN3O6S/c1-36-24-9-6-17(10-25(24)37-2)23-16-41-30(34-23)19(14-32)15-33-22-8-7-20(31)13-21(22)28(35)18-11-26(38-3)29(40-5)27(12-18)39-4/h6-13,15-16,33H,1-5H3/b19-15+. The fraction of sp³-hybridized carbons (Fsp3) is 0.167. The SMILES string of the molecule is COc1ccc(-c2csc(/C(C#N)=C/Nc3ccc(Cl)cc3C(=O)c3cc(OC)c(OC)c(OC)c3)n2)cc1OC. The summed E-state index contributed by atoms with van der Waals surface area (Å²) in [5.74, 6) is 1.89. The number of ketones is 1. The summed E-state index contributed by atoms with van der Waals surface area (Å²) in [7, 11) is 7.56. The minimum Gasteiger partial charge on any atom is -0.493 e. The van der Waals surface area contributed by atoms with Crippen LogP contribution in [-0.4, -0.2) is 46.3 Å². The fourth-order valence-electron chi connectivity index (χ4n) is 4.02. The molecular weight excluding hydrogens is 566 g/mol. The van der Waals surface area contributed by atoms with Gasteiger partial charge in [-0.3, -0.25) is 4.79 Å². The summed E-state index contributed by atoms with van der Waals surface area (Å²) >= 11 is 7.57. The van der Waals surface area contributed by atoms with Gasteiger partial charge in [-0.2, -0.15) is 5.26 Å². The van der Waals surface area contributed by atoms with E-state index in [9.17, 15) is 10.1 Å². The van der Waals surface area contributed by atoms with Gasteiger partial charge in [0, 0.05) is 39.0 Å². The number of carbonyl (C=O) groups is 1. The third-order valence-electron chi connectivity index (χ3n) is 6.06. The van der Waals surface area contributed by atoms with Crippen molar-refractivity contribution in [1.82, 2.24) is 4.98 Å². The number of nitrogens with zero attached hydrogens (tertiary/aromatic N) is 2. The smallest absolute Gasteiger partial charge is 0.203 e. The van der Waals surface area contributed by atoms with Crippen LogP contribution in [-0.2, 0) is 0 Å². The van der Waals surface area contributed by atoms with E-state index in [0.29, 0.717) is 55.7 Å². The number of hydrogen-bond donors (Lipinski definition) is 1. The molecule has 1 aromatic heterocycles. The van der Waals surface area contributed by atoms with Crippen LogP contribution in [0.25, 0.3) is 16.8 Å². The van der Waals surface area contributed by atoms with Crippen molar-refractivity contribution in [3.8, 4) is 46.1 Å². The van der Waals surface area contributed by atoms with Gasteiger partial charge in [-0.05, 0) is 48.5 Å². The molecule has 0 spiro atoms. The number of anilines is 1. The van der Waals surface area contributed by atoms with E-state index >= 15 is 0 Å². The van der Waals surface area contributed by atoms with Crippen molar-refractivity contribution < 1.29 is 28.5 Å². The number of hydrogen-bond acceptors (Lipinski definition) is 10. The predicted molar refractivity (Wildman–Crippen MR) is 159 cm³/mol. The van der Waals surface area contributed by atoms with Crippen LogP contribution in [0, 0.1) is 11.3 Å². The van der Waals surface area contributed by atoms with Crippen LogP contribution in [0.3, 0.4) is 0 Å². The Morgan fingerprint density at radius 1 is 0.902 bits per heavy atom. The van der Waals surface area contributed by atoms with Crippen LogP contribution in [0.15, 0.2) is 60.1 Å². The molecule has 0 amide bonds. The van der Waals surface area contributed by atoms with Gasteiger partial charge in [0.1, 0.15) is 16.6 Å². The van der Waals surface area contributed by atoms with E-state index in [1.165, 1.54) is 38.9 Å². The molecule has 9 nitrogen and oxygen atoms in total. The number of ether oxygens (including phenoxy) is 5. The van der Waals surface area contributed by atoms with Crippen LogP contribution in [0.5, 0.6) is 28.7 Å². The van der Waals surface area contributed by atoms with E-state index in [4.69, 9.17) is 35.3 Å². The van der Waals surface area contributed by atoms with Gasteiger partial charge in [0.05, 0.1) is 41.2 Å². The lowest BCUT2D eigenvalue weighted by molar-refractivity contribution is 0.103. The summed E-state index contributed by atoms with van der Waals surface area (Å²) in [6.45, 7) is 0. The molecular formula is C30H26ClN3O6S. The number of halogens is 1. The summed E-state index contributed by atoms with van der Waals surface area (Å²) in [5.41, 5.74) is 2.79. The van der Waals surface area contributed by atoms with Crippen LogP contribution in [0.2, 0.25) is 5.02 Å². The maximum Gasteiger partial charge on any atom is 0.203 e. The summed E-state index contributed by atoms with van der Waals surface area (Å²) < 4.78 is 26.8. The van der Waals surface area contributed by atoms with E-state index < -0.39 is 0 Å². The number of rotatable bonds is 11. The van der Waals surface area contributed by atoms with Crippen molar-refractivity contribution in [1.29, 1.82) is 5.26 Å². The normalized spacial score (nSPS) is 10.9. The molecule has 0 saturated heterocycles. The molecule has 4 aromatic rings. The lowest BCUT2D eigenvalue weighted by Gasteiger charge is -2.15. The largest absolute Gasteiger partial charge is 0.493 e. The van der Waals surface area contributed by atoms with Gasteiger partial charge in [-0.15, -0.1) is 11.3 Å². The fourth-order valence-corrected chi connectivity index (χ4v) is 4.98. The van der Waals surface area contributed by atoms with Gasteiger partial charge in [0.25, 0.3) is 0 Å². The molecule has 0 aliphatic rings. The highest BCUT2D eigenvalue weighted by molar-refractivity contribution is 7.11. The Morgan fingerprint density at radius 3 is 2.20 bits per heavy atom. The first-order chi connectivity index (χ1) is 19.9. The third kappa shape index (κ3) is 6.22. The maximum absolute atomic E-state index is 13.6. The second kappa shape index (κ2) is 13.1. The molecule has 1 N–H and O–H groups in total. The van der Waals surface area contributed by atoms with E-state index in [-0.39, 0.29) is 16.9 Å². The predicted octanol–water partition coefficient (Wildman–Crippen LogP) is 6.71. The van der Waals surface area contributed by atoms with E-state index in [1.54, 1.807) is 50.6 Å². The minimum absolute atomic E-state index is 0.280. The Hall–Kier alpha value is -4.72. The minimum atomic E-state index is -0.342. The van der Waals surface area contributed by atoms with Crippen molar-refractivity contribution in [2.24, 2.45) is 0 Å². The Bertz CT molecular complexity index is 1640. The summed E-state index contributed by atoms with van der Waals surface area (Å²) in [5, 5.41) is 15.7. The number of carbonyl (C=O) groups excluding carboxylic acids is 1. The van der Waals surface area contributed by atoms with Crippen molar-refractivity contribution in [3.63, 3.8) is 0 Å². The molecule has 1 heterocycles. The van der Waals surface area contributed by atoms with Gasteiger partial charge >= 0.3 is 0 Å². The van der Waals surface area contributed by atoms with E-state index in [2.05, 4.69) is 16.4 Å². The molecule has 0 atom stereocenters. The first-order valence-corrected chi connectivity index (χ1v) is 13.3. The van der Waals surface area contributed by atoms with Crippen molar-refractivity contribution in [3.05, 3.63) is 81.3 Å². The van der Waals surface area contributed by atoms with Crippen LogP contribution >= 0.6 is 22.9 Å². The van der Waals surface area contributed by atoms with Gasteiger partial charge in [-0.1, -0.05) is 11.6 Å². The number of benzene rings is 3. The summed E-state index contributed by atoms with van der Waals surface area (Å²) in [4.78, 5) is 18.3. The highest BCUT2D eigenvalue weighted by Crippen LogP contribution is 2.39. The quantitative estimate of drug-likeness (QED) is 0.150. The first-order valence-electron chi connectivity index (χ1n) is 12.1. The molecule has 0 bridgehead atoms. The van der Waals surface area contributed by atoms with Crippen LogP contribution in [0.1, 0.15) is 20.9 Å². The average molecular weight is 592 g/mol. The summed E-state index contributed by atoms with van der Waals surface area (Å²) in [6, 6.07) is 15.6. The maximum atomic E-state index is 13.6.